The van der Waals surface area contributed by atoms with E-state index in [0.717, 1.165) is 0 Å². The number of benzene rings is 2. The van der Waals surface area contributed by atoms with E-state index < -0.39 is 18.5 Å². The van der Waals surface area contributed by atoms with Gasteiger partial charge in [-0.15, -0.1) is 0 Å². The van der Waals surface area contributed by atoms with E-state index in [1.54, 1.807) is 24.3 Å². The second-order valence-corrected chi connectivity index (χ2v) is 5.39. The SMILES string of the molecule is CNC(=O)c1cccc(NC(=O)COC(=O)c2cc(OC)cc(OC)c2)c1. The van der Waals surface area contributed by atoms with E-state index in [9.17, 15) is 14.4 Å². The van der Waals surface area contributed by atoms with Crippen LogP contribution in [0.2, 0.25) is 0 Å². The van der Waals surface area contributed by atoms with Crippen LogP contribution in [0.3, 0.4) is 0 Å². The molecule has 0 aliphatic heterocycles. The molecule has 2 rings (SSSR count). The molecule has 0 aromatic heterocycles. The van der Waals surface area contributed by atoms with Crippen molar-refractivity contribution in [1.29, 1.82) is 0 Å². The van der Waals surface area contributed by atoms with Crippen molar-refractivity contribution in [2.45, 2.75) is 0 Å². The molecule has 0 bridgehead atoms. The fourth-order valence-electron chi connectivity index (χ4n) is 2.22. The van der Waals surface area contributed by atoms with Crippen molar-refractivity contribution in [1.82, 2.24) is 5.32 Å². The van der Waals surface area contributed by atoms with Gasteiger partial charge in [-0.3, -0.25) is 9.59 Å². The lowest BCUT2D eigenvalue weighted by Crippen LogP contribution is -2.22. The first-order valence-electron chi connectivity index (χ1n) is 7.99. The first kappa shape index (κ1) is 19.8. The highest BCUT2D eigenvalue weighted by molar-refractivity contribution is 5.98. The van der Waals surface area contributed by atoms with Crippen molar-refractivity contribution < 1.29 is 28.6 Å². The number of esters is 1. The zero-order valence-electron chi connectivity index (χ0n) is 15.2. The topological polar surface area (TPSA) is 103 Å². The van der Waals surface area contributed by atoms with Gasteiger partial charge in [-0.25, -0.2) is 4.79 Å². The van der Waals surface area contributed by atoms with E-state index in [-0.39, 0.29) is 11.5 Å². The molecule has 0 atom stereocenters. The Balaban J connectivity index is 1.97. The Morgan fingerprint density at radius 2 is 1.59 bits per heavy atom. The molecule has 27 heavy (non-hydrogen) atoms. The third kappa shape index (κ3) is 5.46. The number of methoxy groups -OCH3 is 2. The zero-order valence-corrected chi connectivity index (χ0v) is 15.2. The summed E-state index contributed by atoms with van der Waals surface area (Å²) in [6, 6.07) is 11.0. The first-order chi connectivity index (χ1) is 13.0. The summed E-state index contributed by atoms with van der Waals surface area (Å²) in [5, 5.41) is 5.06. The number of carbonyl (C=O) groups is 3. The summed E-state index contributed by atoms with van der Waals surface area (Å²) in [6.45, 7) is -0.484. The van der Waals surface area contributed by atoms with Crippen molar-refractivity contribution in [2.75, 3.05) is 33.2 Å². The van der Waals surface area contributed by atoms with Gasteiger partial charge < -0.3 is 24.8 Å². The van der Waals surface area contributed by atoms with E-state index in [4.69, 9.17) is 14.2 Å². The highest BCUT2D eigenvalue weighted by Crippen LogP contribution is 2.23. The maximum atomic E-state index is 12.2. The van der Waals surface area contributed by atoms with Crippen LogP contribution in [0.1, 0.15) is 20.7 Å². The van der Waals surface area contributed by atoms with Gasteiger partial charge >= 0.3 is 5.97 Å². The molecule has 0 aliphatic rings. The minimum absolute atomic E-state index is 0.195. The Morgan fingerprint density at radius 1 is 0.926 bits per heavy atom. The molecule has 0 aliphatic carbocycles. The number of nitrogens with one attached hydrogen (secondary N) is 2. The fourth-order valence-corrected chi connectivity index (χ4v) is 2.22. The Kier molecular flexibility index (Phi) is 6.76. The Labute approximate surface area is 156 Å². The van der Waals surface area contributed by atoms with Gasteiger partial charge in [0.2, 0.25) is 0 Å². The lowest BCUT2D eigenvalue weighted by molar-refractivity contribution is -0.119. The molecule has 0 saturated heterocycles. The number of hydrogen-bond acceptors (Lipinski definition) is 6. The Bertz CT molecular complexity index is 828. The molecular formula is C19H20N2O6. The van der Waals surface area contributed by atoms with E-state index in [1.165, 1.54) is 39.5 Å². The van der Waals surface area contributed by atoms with Gasteiger partial charge in [-0.2, -0.15) is 0 Å². The van der Waals surface area contributed by atoms with Gasteiger partial charge in [0.1, 0.15) is 11.5 Å². The molecule has 0 spiro atoms. The summed E-state index contributed by atoms with van der Waals surface area (Å²) in [7, 11) is 4.44. The molecule has 8 heteroatoms. The third-order valence-corrected chi connectivity index (χ3v) is 3.56. The van der Waals surface area contributed by atoms with Crippen molar-refractivity contribution in [3.8, 4) is 11.5 Å². The fraction of sp³-hybridized carbons (Fsp3) is 0.211. The maximum Gasteiger partial charge on any atom is 0.338 e. The monoisotopic (exact) mass is 372 g/mol. The standard InChI is InChI=1S/C19H20N2O6/c1-20-18(23)12-5-4-6-14(7-12)21-17(22)11-27-19(24)13-8-15(25-2)10-16(9-13)26-3/h4-10H,11H2,1-3H3,(H,20,23)(H,21,22). The van der Waals surface area contributed by atoms with Crippen LogP contribution >= 0.6 is 0 Å². The van der Waals surface area contributed by atoms with Gasteiger partial charge in [0, 0.05) is 24.4 Å². The molecule has 0 saturated carbocycles. The highest BCUT2D eigenvalue weighted by atomic mass is 16.5. The summed E-state index contributed by atoms with van der Waals surface area (Å²) in [5.74, 6) is -0.647. The molecule has 142 valence electrons. The van der Waals surface area contributed by atoms with Crippen molar-refractivity contribution in [3.05, 3.63) is 53.6 Å². The van der Waals surface area contributed by atoms with Crippen LogP contribution in [-0.2, 0) is 9.53 Å². The predicted molar refractivity (Wildman–Crippen MR) is 98.3 cm³/mol. The molecule has 8 nitrogen and oxygen atoms in total. The van der Waals surface area contributed by atoms with Gasteiger partial charge in [-0.1, -0.05) is 6.07 Å². The average molecular weight is 372 g/mol. The average Bonchev–Trinajstić information content (AvgIpc) is 2.70. The number of hydrogen-bond donors (Lipinski definition) is 2. The smallest absolute Gasteiger partial charge is 0.338 e. The molecular weight excluding hydrogens is 352 g/mol. The number of anilines is 1. The molecule has 2 aromatic carbocycles. The Morgan fingerprint density at radius 3 is 2.19 bits per heavy atom. The number of rotatable bonds is 7. The number of ether oxygens (including phenoxy) is 3. The molecule has 0 radical (unpaired) electrons. The zero-order chi connectivity index (χ0) is 19.8. The van der Waals surface area contributed by atoms with E-state index in [1.807, 2.05) is 0 Å². The second kappa shape index (κ2) is 9.23. The molecule has 0 heterocycles. The summed E-state index contributed by atoms with van der Waals surface area (Å²) < 4.78 is 15.2. The molecule has 2 N–H and O–H groups in total. The van der Waals surface area contributed by atoms with Crippen LogP contribution in [0.25, 0.3) is 0 Å². The molecule has 0 unspecified atom stereocenters. The van der Waals surface area contributed by atoms with Gasteiger partial charge in [-0.05, 0) is 30.3 Å². The van der Waals surface area contributed by atoms with Gasteiger partial charge in [0.15, 0.2) is 6.61 Å². The van der Waals surface area contributed by atoms with Crippen molar-refractivity contribution in [3.63, 3.8) is 0 Å². The van der Waals surface area contributed by atoms with Gasteiger partial charge in [0.25, 0.3) is 11.8 Å². The molecule has 2 amide bonds. The normalized spacial score (nSPS) is 9.89. The lowest BCUT2D eigenvalue weighted by atomic mass is 10.2. The van der Waals surface area contributed by atoms with Crippen LogP contribution < -0.4 is 20.1 Å². The summed E-state index contributed by atoms with van der Waals surface area (Å²) in [6.07, 6.45) is 0. The van der Waals surface area contributed by atoms with E-state index in [2.05, 4.69) is 10.6 Å². The minimum Gasteiger partial charge on any atom is -0.497 e. The summed E-state index contributed by atoms with van der Waals surface area (Å²) in [4.78, 5) is 35.8. The number of carbonyl (C=O) groups excluding carboxylic acids is 3. The third-order valence-electron chi connectivity index (χ3n) is 3.56. The minimum atomic E-state index is -0.693. The summed E-state index contributed by atoms with van der Waals surface area (Å²) in [5.41, 5.74) is 1.01. The second-order valence-electron chi connectivity index (χ2n) is 5.39. The number of amides is 2. The highest BCUT2D eigenvalue weighted by Gasteiger charge is 2.14. The van der Waals surface area contributed by atoms with Crippen LogP contribution in [0, 0.1) is 0 Å². The van der Waals surface area contributed by atoms with Crippen molar-refractivity contribution in [2.24, 2.45) is 0 Å². The quantitative estimate of drug-likeness (QED) is 0.719. The first-order valence-corrected chi connectivity index (χ1v) is 7.99. The van der Waals surface area contributed by atoms with E-state index in [0.29, 0.717) is 22.7 Å². The Hall–Kier alpha value is -3.55. The van der Waals surface area contributed by atoms with Crippen LogP contribution in [-0.4, -0.2) is 45.7 Å². The van der Waals surface area contributed by atoms with Crippen LogP contribution in [0.5, 0.6) is 11.5 Å². The van der Waals surface area contributed by atoms with Crippen molar-refractivity contribution >= 4 is 23.5 Å². The molecule has 0 fully saturated rings. The largest absolute Gasteiger partial charge is 0.497 e. The van der Waals surface area contributed by atoms with Gasteiger partial charge in [0.05, 0.1) is 19.8 Å². The van der Waals surface area contributed by atoms with Crippen LogP contribution in [0.15, 0.2) is 42.5 Å². The van der Waals surface area contributed by atoms with Crippen LogP contribution in [0.4, 0.5) is 5.69 Å². The van der Waals surface area contributed by atoms with E-state index >= 15 is 0 Å². The predicted octanol–water partition coefficient (Wildman–Crippen LogP) is 1.86. The maximum absolute atomic E-state index is 12.2. The lowest BCUT2D eigenvalue weighted by Gasteiger charge is -2.10. The summed E-state index contributed by atoms with van der Waals surface area (Å²) >= 11 is 0. The molecule has 2 aromatic rings.